The summed E-state index contributed by atoms with van der Waals surface area (Å²) in [5.74, 6) is 2.32. The average Bonchev–Trinajstić information content (AvgIpc) is 2.43. The number of benzene rings is 1. The zero-order valence-electron chi connectivity index (χ0n) is 10.7. The lowest BCUT2D eigenvalue weighted by Crippen LogP contribution is -2.39. The van der Waals surface area contributed by atoms with E-state index in [1.54, 1.807) is 18.2 Å². The fourth-order valence-corrected chi connectivity index (χ4v) is 3.16. The number of thioether (sulfide) groups is 1. The lowest BCUT2D eigenvalue weighted by Gasteiger charge is -2.26. The van der Waals surface area contributed by atoms with E-state index in [1.165, 1.54) is 11.5 Å². The van der Waals surface area contributed by atoms with Crippen LogP contribution in [0.2, 0.25) is 0 Å². The Hall–Kier alpha value is -0.720. The number of carbonyl (C=O) groups is 1. The molecule has 2 rings (SSSR count). The molecule has 1 fully saturated rings. The highest BCUT2D eigenvalue weighted by molar-refractivity contribution is 9.10. The Balaban J connectivity index is 1.78. The van der Waals surface area contributed by atoms with Crippen LogP contribution in [0.5, 0.6) is 0 Å². The van der Waals surface area contributed by atoms with E-state index in [4.69, 9.17) is 5.73 Å². The molecule has 0 spiro atoms. The molecule has 0 unspecified atom stereocenters. The van der Waals surface area contributed by atoms with Crippen LogP contribution in [0.15, 0.2) is 22.7 Å². The summed E-state index contributed by atoms with van der Waals surface area (Å²) >= 11 is 5.31. The number of hydrogen-bond donors (Lipinski definition) is 2. The van der Waals surface area contributed by atoms with Crippen LogP contribution in [-0.4, -0.2) is 48.5 Å². The van der Waals surface area contributed by atoms with Crippen molar-refractivity contribution in [2.45, 2.75) is 0 Å². The lowest BCUT2D eigenvalue weighted by atomic mass is 10.2. The van der Waals surface area contributed by atoms with Crippen molar-refractivity contribution in [1.29, 1.82) is 0 Å². The molecule has 1 aliphatic rings. The third-order valence-electron chi connectivity index (χ3n) is 3.08. The predicted octanol–water partition coefficient (Wildman–Crippen LogP) is 1.81. The molecule has 0 aliphatic carbocycles. The number of nitrogens with two attached hydrogens (primary N) is 1. The third kappa shape index (κ3) is 4.40. The molecule has 0 saturated carbocycles. The van der Waals surface area contributed by atoms with E-state index < -0.39 is 0 Å². The topological polar surface area (TPSA) is 58.4 Å². The molecule has 104 valence electrons. The van der Waals surface area contributed by atoms with Crippen LogP contribution in [-0.2, 0) is 0 Å². The van der Waals surface area contributed by atoms with Crippen molar-refractivity contribution in [2.24, 2.45) is 0 Å². The zero-order valence-corrected chi connectivity index (χ0v) is 13.1. The normalized spacial score (nSPS) is 16.3. The molecule has 1 aromatic rings. The quantitative estimate of drug-likeness (QED) is 0.818. The van der Waals surface area contributed by atoms with Gasteiger partial charge in [0.05, 0.1) is 0 Å². The van der Waals surface area contributed by atoms with Crippen LogP contribution in [0.25, 0.3) is 0 Å². The number of hydrogen-bond acceptors (Lipinski definition) is 4. The fraction of sp³-hybridized carbons (Fsp3) is 0.462. The fourth-order valence-electron chi connectivity index (χ4n) is 1.94. The smallest absolute Gasteiger partial charge is 0.251 e. The van der Waals surface area contributed by atoms with Crippen molar-refractivity contribution < 1.29 is 4.79 Å². The van der Waals surface area contributed by atoms with Crippen LogP contribution in [0.1, 0.15) is 10.4 Å². The van der Waals surface area contributed by atoms with Crippen LogP contribution < -0.4 is 11.1 Å². The Bertz CT molecular complexity index is 450. The van der Waals surface area contributed by atoms with Crippen LogP contribution >= 0.6 is 27.7 Å². The van der Waals surface area contributed by atoms with Gasteiger partial charge in [-0.1, -0.05) is 0 Å². The van der Waals surface area contributed by atoms with E-state index in [1.807, 2.05) is 11.8 Å². The zero-order chi connectivity index (χ0) is 13.7. The molecule has 1 aliphatic heterocycles. The van der Waals surface area contributed by atoms with Crippen molar-refractivity contribution in [2.75, 3.05) is 43.4 Å². The first kappa shape index (κ1) is 14.7. The van der Waals surface area contributed by atoms with Gasteiger partial charge >= 0.3 is 0 Å². The second-order valence-electron chi connectivity index (χ2n) is 4.45. The maximum atomic E-state index is 11.9. The van der Waals surface area contributed by atoms with Crippen LogP contribution in [0.3, 0.4) is 0 Å². The minimum absolute atomic E-state index is 0.0643. The summed E-state index contributed by atoms with van der Waals surface area (Å²) < 4.78 is 0.815. The number of carbonyl (C=O) groups excluding carboxylic acids is 1. The van der Waals surface area contributed by atoms with E-state index in [2.05, 4.69) is 26.1 Å². The molecule has 3 N–H and O–H groups in total. The van der Waals surface area contributed by atoms with Gasteiger partial charge < -0.3 is 11.1 Å². The predicted molar refractivity (Wildman–Crippen MR) is 84.7 cm³/mol. The molecule has 4 nitrogen and oxygen atoms in total. The van der Waals surface area contributed by atoms with Gasteiger partial charge in [-0.15, -0.1) is 0 Å². The highest BCUT2D eigenvalue weighted by atomic mass is 79.9. The molecular formula is C13H18BrN3OS. The Morgan fingerprint density at radius 3 is 2.84 bits per heavy atom. The summed E-state index contributed by atoms with van der Waals surface area (Å²) in [7, 11) is 0. The number of nitrogen functional groups attached to an aromatic ring is 1. The third-order valence-corrected chi connectivity index (χ3v) is 4.74. The standard InChI is InChI=1S/C13H18BrN3OS/c14-11-2-1-10(9-12(11)15)13(18)16-3-4-17-5-7-19-8-6-17/h1-2,9H,3-8,15H2,(H,16,18). The minimum atomic E-state index is -0.0643. The summed E-state index contributed by atoms with van der Waals surface area (Å²) in [5, 5.41) is 2.93. The Morgan fingerprint density at radius 1 is 1.42 bits per heavy atom. The van der Waals surface area contributed by atoms with Gasteiger partial charge in [0.2, 0.25) is 0 Å². The van der Waals surface area contributed by atoms with Crippen molar-refractivity contribution in [1.82, 2.24) is 10.2 Å². The highest BCUT2D eigenvalue weighted by Gasteiger charge is 2.11. The van der Waals surface area contributed by atoms with E-state index in [0.29, 0.717) is 17.8 Å². The minimum Gasteiger partial charge on any atom is -0.398 e. The summed E-state index contributed by atoms with van der Waals surface area (Å²) in [6.45, 7) is 3.83. The van der Waals surface area contributed by atoms with Gasteiger partial charge in [-0.2, -0.15) is 11.8 Å². The number of amides is 1. The molecule has 1 heterocycles. The Labute approximate surface area is 126 Å². The average molecular weight is 344 g/mol. The van der Waals surface area contributed by atoms with Gasteiger partial charge in [0.25, 0.3) is 5.91 Å². The van der Waals surface area contributed by atoms with Gasteiger partial charge in [-0.25, -0.2) is 0 Å². The van der Waals surface area contributed by atoms with Crippen molar-refractivity contribution in [3.8, 4) is 0 Å². The molecule has 0 bridgehead atoms. The maximum absolute atomic E-state index is 11.9. The first-order valence-electron chi connectivity index (χ1n) is 6.30. The first-order chi connectivity index (χ1) is 9.16. The summed E-state index contributed by atoms with van der Waals surface area (Å²) in [4.78, 5) is 14.3. The second-order valence-corrected chi connectivity index (χ2v) is 6.53. The van der Waals surface area contributed by atoms with Crippen molar-refractivity contribution >= 4 is 39.3 Å². The SMILES string of the molecule is Nc1cc(C(=O)NCCN2CCSCC2)ccc1Br. The molecule has 0 radical (unpaired) electrons. The highest BCUT2D eigenvalue weighted by Crippen LogP contribution is 2.20. The molecule has 1 amide bonds. The summed E-state index contributed by atoms with van der Waals surface area (Å²) in [6.07, 6.45) is 0. The van der Waals surface area contributed by atoms with E-state index >= 15 is 0 Å². The number of nitrogens with one attached hydrogen (secondary N) is 1. The molecular weight excluding hydrogens is 326 g/mol. The number of anilines is 1. The number of nitrogens with zero attached hydrogens (tertiary/aromatic N) is 1. The lowest BCUT2D eigenvalue weighted by molar-refractivity contribution is 0.0949. The molecule has 0 atom stereocenters. The first-order valence-corrected chi connectivity index (χ1v) is 8.25. The van der Waals surface area contributed by atoms with Crippen LogP contribution in [0.4, 0.5) is 5.69 Å². The Kier molecular flexibility index (Phi) is 5.54. The van der Waals surface area contributed by atoms with Gasteiger partial charge in [-0.05, 0) is 34.1 Å². The van der Waals surface area contributed by atoms with Gasteiger partial charge in [-0.3, -0.25) is 9.69 Å². The summed E-state index contributed by atoms with van der Waals surface area (Å²) in [5.41, 5.74) is 6.96. The Morgan fingerprint density at radius 2 is 2.16 bits per heavy atom. The second kappa shape index (κ2) is 7.17. The largest absolute Gasteiger partial charge is 0.398 e. The number of rotatable bonds is 4. The van der Waals surface area contributed by atoms with E-state index in [9.17, 15) is 4.79 Å². The van der Waals surface area contributed by atoms with Crippen molar-refractivity contribution in [3.63, 3.8) is 0 Å². The van der Waals surface area contributed by atoms with Gasteiger partial charge in [0, 0.05) is 53.4 Å². The molecule has 1 saturated heterocycles. The van der Waals surface area contributed by atoms with Gasteiger partial charge in [0.1, 0.15) is 0 Å². The molecule has 6 heteroatoms. The summed E-state index contributed by atoms with van der Waals surface area (Å²) in [6, 6.07) is 5.26. The van der Waals surface area contributed by atoms with Gasteiger partial charge in [0.15, 0.2) is 0 Å². The molecule has 19 heavy (non-hydrogen) atoms. The monoisotopic (exact) mass is 343 g/mol. The number of halogens is 1. The van der Waals surface area contributed by atoms with Crippen LogP contribution in [0, 0.1) is 0 Å². The molecule has 0 aromatic heterocycles. The maximum Gasteiger partial charge on any atom is 0.251 e. The van der Waals surface area contributed by atoms with E-state index in [0.717, 1.165) is 24.1 Å². The molecule has 1 aromatic carbocycles. The van der Waals surface area contributed by atoms with Crippen molar-refractivity contribution in [3.05, 3.63) is 28.2 Å². The van der Waals surface area contributed by atoms with E-state index in [-0.39, 0.29) is 5.91 Å².